The molecule has 0 spiro atoms. The number of carbonyl (C=O) groups is 3. The number of amides is 2. The van der Waals surface area contributed by atoms with Crippen molar-refractivity contribution < 1.29 is 24.0 Å². The van der Waals surface area contributed by atoms with Gasteiger partial charge in [0.1, 0.15) is 12.6 Å². The first-order valence-corrected chi connectivity index (χ1v) is 10.3. The Kier molecular flexibility index (Phi) is 6.91. The fourth-order valence-corrected chi connectivity index (χ4v) is 4.35. The second-order valence-corrected chi connectivity index (χ2v) is 7.60. The van der Waals surface area contributed by atoms with E-state index in [0.29, 0.717) is 24.6 Å². The maximum atomic E-state index is 13.0. The van der Waals surface area contributed by atoms with Crippen LogP contribution in [0, 0.1) is 0 Å². The highest BCUT2D eigenvalue weighted by atomic mass is 32.2. The fourth-order valence-electron chi connectivity index (χ4n) is 3.22. The van der Waals surface area contributed by atoms with Gasteiger partial charge < -0.3 is 14.5 Å². The van der Waals surface area contributed by atoms with Crippen LogP contribution in [0.25, 0.3) is 0 Å². The van der Waals surface area contributed by atoms with Gasteiger partial charge in [-0.3, -0.25) is 9.69 Å². The van der Waals surface area contributed by atoms with E-state index < -0.39 is 18.1 Å². The highest BCUT2D eigenvalue weighted by Crippen LogP contribution is 2.26. The minimum atomic E-state index is -0.536. The molecule has 2 aliphatic heterocycles. The molecule has 150 valence electrons. The highest BCUT2D eigenvalue weighted by Gasteiger charge is 2.40. The van der Waals surface area contributed by atoms with Gasteiger partial charge in [0.25, 0.3) is 0 Å². The van der Waals surface area contributed by atoms with Crippen molar-refractivity contribution in [1.29, 1.82) is 0 Å². The number of rotatable bonds is 5. The monoisotopic (exact) mass is 405 g/mol. The maximum Gasteiger partial charge on any atom is 0.410 e. The standard InChI is InChI=1S/C19H23N3O5S/c1-14(23)27-20-10-16-12-28-13-22(16)18(24)17-8-5-9-21(17)19(25)26-11-15-6-3-2-4-7-15/h2-4,6-7,10,16-17H,5,8-9,11-13H2,1H3/t16-,17+/m1/s1. The largest absolute Gasteiger partial charge is 0.445 e. The summed E-state index contributed by atoms with van der Waals surface area (Å²) in [5.74, 6) is 0.544. The molecule has 2 atom stereocenters. The number of hydrogen-bond acceptors (Lipinski definition) is 7. The Morgan fingerprint density at radius 2 is 2.04 bits per heavy atom. The average Bonchev–Trinajstić information content (AvgIpc) is 3.36. The molecule has 0 bridgehead atoms. The van der Waals surface area contributed by atoms with Crippen LogP contribution in [-0.4, -0.2) is 64.2 Å². The molecule has 28 heavy (non-hydrogen) atoms. The van der Waals surface area contributed by atoms with Crippen LogP contribution >= 0.6 is 11.8 Å². The van der Waals surface area contributed by atoms with Crippen molar-refractivity contribution in [1.82, 2.24) is 9.80 Å². The summed E-state index contributed by atoms with van der Waals surface area (Å²) in [6, 6.07) is 8.63. The predicted molar refractivity (Wildman–Crippen MR) is 105 cm³/mol. The molecule has 2 saturated heterocycles. The summed E-state index contributed by atoms with van der Waals surface area (Å²) in [6.45, 7) is 1.94. The number of likely N-dealkylation sites (tertiary alicyclic amines) is 1. The van der Waals surface area contributed by atoms with E-state index in [9.17, 15) is 14.4 Å². The third kappa shape index (κ3) is 5.03. The van der Waals surface area contributed by atoms with Crippen LogP contribution in [-0.2, 0) is 25.8 Å². The van der Waals surface area contributed by atoms with E-state index in [0.717, 1.165) is 12.0 Å². The fraction of sp³-hybridized carbons (Fsp3) is 0.474. The molecule has 2 amide bonds. The Hall–Kier alpha value is -2.55. The van der Waals surface area contributed by atoms with E-state index in [-0.39, 0.29) is 18.6 Å². The molecule has 2 fully saturated rings. The van der Waals surface area contributed by atoms with Gasteiger partial charge in [-0.05, 0) is 18.4 Å². The average molecular weight is 405 g/mol. The molecule has 0 aromatic heterocycles. The summed E-state index contributed by atoms with van der Waals surface area (Å²) in [5, 5.41) is 3.64. The predicted octanol–water partition coefficient (Wildman–Crippen LogP) is 2.24. The Morgan fingerprint density at radius 3 is 2.79 bits per heavy atom. The molecular weight excluding hydrogens is 382 g/mol. The lowest BCUT2D eigenvalue weighted by atomic mass is 10.1. The molecule has 0 aliphatic carbocycles. The molecule has 2 aliphatic rings. The number of carbonyl (C=O) groups excluding carboxylic acids is 3. The van der Waals surface area contributed by atoms with Crippen LogP contribution in [0.3, 0.4) is 0 Å². The van der Waals surface area contributed by atoms with E-state index in [1.54, 1.807) is 16.7 Å². The molecule has 1 aromatic rings. The van der Waals surface area contributed by atoms with Gasteiger partial charge in [0.2, 0.25) is 5.91 Å². The lowest BCUT2D eigenvalue weighted by molar-refractivity contribution is -0.140. The van der Waals surface area contributed by atoms with Gasteiger partial charge in [-0.2, -0.15) is 0 Å². The van der Waals surface area contributed by atoms with Gasteiger partial charge in [-0.15, -0.1) is 11.8 Å². The first kappa shape index (κ1) is 20.2. The SMILES string of the molecule is CC(=O)ON=C[C@@H]1CSCN1C(=O)[C@@H]1CCCN1C(=O)OCc1ccccc1. The zero-order valence-electron chi connectivity index (χ0n) is 15.7. The van der Waals surface area contributed by atoms with Crippen LogP contribution in [0.15, 0.2) is 35.5 Å². The first-order chi connectivity index (χ1) is 13.6. The third-order valence-electron chi connectivity index (χ3n) is 4.59. The second kappa shape index (κ2) is 9.59. The number of benzene rings is 1. The molecular formula is C19H23N3O5S. The second-order valence-electron chi connectivity index (χ2n) is 6.60. The number of ether oxygens (including phenoxy) is 1. The van der Waals surface area contributed by atoms with Gasteiger partial charge in [0.05, 0.1) is 18.1 Å². The van der Waals surface area contributed by atoms with Gasteiger partial charge >= 0.3 is 12.1 Å². The van der Waals surface area contributed by atoms with Crippen LogP contribution < -0.4 is 0 Å². The molecule has 2 heterocycles. The zero-order valence-corrected chi connectivity index (χ0v) is 16.5. The Labute approximate surface area is 167 Å². The molecule has 0 N–H and O–H groups in total. The number of nitrogens with zero attached hydrogens (tertiary/aromatic N) is 3. The van der Waals surface area contributed by atoms with Gasteiger partial charge in [0.15, 0.2) is 0 Å². The summed E-state index contributed by atoms with van der Waals surface area (Å²) in [7, 11) is 0. The van der Waals surface area contributed by atoms with Crippen molar-refractivity contribution in [3.05, 3.63) is 35.9 Å². The number of thioether (sulfide) groups is 1. The Bertz CT molecular complexity index is 742. The quantitative estimate of drug-likeness (QED) is 0.424. The van der Waals surface area contributed by atoms with Crippen LogP contribution in [0.5, 0.6) is 0 Å². The van der Waals surface area contributed by atoms with E-state index in [1.165, 1.54) is 18.0 Å². The third-order valence-corrected chi connectivity index (χ3v) is 5.63. The van der Waals surface area contributed by atoms with Crippen molar-refractivity contribution >= 4 is 35.9 Å². The van der Waals surface area contributed by atoms with E-state index in [4.69, 9.17) is 4.74 Å². The molecule has 1 aromatic carbocycles. The molecule has 3 rings (SSSR count). The van der Waals surface area contributed by atoms with Crippen molar-refractivity contribution in [2.24, 2.45) is 5.16 Å². The summed E-state index contributed by atoms with van der Waals surface area (Å²) in [6.07, 6.45) is 2.35. The highest BCUT2D eigenvalue weighted by molar-refractivity contribution is 7.99. The molecule has 0 unspecified atom stereocenters. The van der Waals surface area contributed by atoms with Gasteiger partial charge in [0, 0.05) is 19.2 Å². The van der Waals surface area contributed by atoms with Crippen molar-refractivity contribution in [2.75, 3.05) is 18.2 Å². The van der Waals surface area contributed by atoms with E-state index in [2.05, 4.69) is 9.99 Å². The summed E-state index contributed by atoms with van der Waals surface area (Å²) in [4.78, 5) is 44.2. The molecule has 0 saturated carbocycles. The molecule has 0 radical (unpaired) electrons. The number of oxime groups is 1. The Morgan fingerprint density at radius 1 is 1.25 bits per heavy atom. The Balaban J connectivity index is 1.59. The topological polar surface area (TPSA) is 88.5 Å². The normalized spacial score (nSPS) is 21.9. The zero-order chi connectivity index (χ0) is 19.9. The summed E-state index contributed by atoms with van der Waals surface area (Å²) < 4.78 is 5.40. The lowest BCUT2D eigenvalue weighted by Gasteiger charge is -2.29. The summed E-state index contributed by atoms with van der Waals surface area (Å²) in [5.41, 5.74) is 0.899. The summed E-state index contributed by atoms with van der Waals surface area (Å²) >= 11 is 1.59. The van der Waals surface area contributed by atoms with Gasteiger partial charge in [-0.25, -0.2) is 9.59 Å². The van der Waals surface area contributed by atoms with E-state index in [1.807, 2.05) is 30.3 Å². The van der Waals surface area contributed by atoms with Crippen LogP contribution in [0.2, 0.25) is 0 Å². The van der Waals surface area contributed by atoms with Crippen LogP contribution in [0.1, 0.15) is 25.3 Å². The van der Waals surface area contributed by atoms with Crippen molar-refractivity contribution in [3.8, 4) is 0 Å². The van der Waals surface area contributed by atoms with Gasteiger partial charge in [-0.1, -0.05) is 35.5 Å². The first-order valence-electron chi connectivity index (χ1n) is 9.13. The van der Waals surface area contributed by atoms with Crippen molar-refractivity contribution in [3.63, 3.8) is 0 Å². The smallest absolute Gasteiger partial charge is 0.410 e. The van der Waals surface area contributed by atoms with E-state index >= 15 is 0 Å². The van der Waals surface area contributed by atoms with Crippen LogP contribution in [0.4, 0.5) is 4.79 Å². The minimum absolute atomic E-state index is 0.126. The molecule has 8 nitrogen and oxygen atoms in total. The number of hydrogen-bond donors (Lipinski definition) is 0. The minimum Gasteiger partial charge on any atom is -0.445 e. The molecule has 9 heteroatoms. The lowest BCUT2D eigenvalue weighted by Crippen LogP contribution is -2.50. The maximum absolute atomic E-state index is 13.0. The van der Waals surface area contributed by atoms with Crippen molar-refractivity contribution in [2.45, 2.75) is 38.5 Å².